The maximum Gasteiger partial charge on any atom is 0.271 e. The zero-order valence-electron chi connectivity index (χ0n) is 15.5. The Bertz CT molecular complexity index is 991. The van der Waals surface area contributed by atoms with Crippen molar-refractivity contribution in [2.24, 2.45) is 5.92 Å². The number of nitrogens with one attached hydrogen (secondary N) is 2. The van der Waals surface area contributed by atoms with Gasteiger partial charge in [-0.05, 0) is 43.4 Å². The molecule has 3 aromatic rings. The average molecular weight is 373 g/mol. The van der Waals surface area contributed by atoms with E-state index in [9.17, 15) is 4.79 Å². The maximum absolute atomic E-state index is 12.5. The molecule has 1 aliphatic rings. The largest absolute Gasteiger partial charge is 0.382 e. The van der Waals surface area contributed by atoms with Crippen LogP contribution in [0.2, 0.25) is 0 Å². The van der Waals surface area contributed by atoms with Crippen LogP contribution in [0, 0.1) is 12.8 Å². The smallest absolute Gasteiger partial charge is 0.271 e. The highest BCUT2D eigenvalue weighted by Gasteiger charge is 2.18. The van der Waals surface area contributed by atoms with E-state index in [2.05, 4.69) is 25.3 Å². The van der Waals surface area contributed by atoms with Gasteiger partial charge >= 0.3 is 0 Å². The number of nitrogens with zero attached hydrogens (tertiary/aromatic N) is 3. The van der Waals surface area contributed by atoms with Crippen LogP contribution in [0.1, 0.15) is 53.9 Å². The molecule has 1 fully saturated rings. The van der Waals surface area contributed by atoms with Crippen molar-refractivity contribution in [3.05, 3.63) is 35.7 Å². The zero-order valence-corrected chi connectivity index (χ0v) is 15.5. The quantitative estimate of drug-likeness (QED) is 0.635. The van der Waals surface area contributed by atoms with Gasteiger partial charge in [0.05, 0.1) is 17.2 Å². The van der Waals surface area contributed by atoms with Crippen molar-refractivity contribution in [2.45, 2.75) is 39.0 Å². The molecule has 4 N–H and O–H groups in total. The van der Waals surface area contributed by atoms with Gasteiger partial charge in [-0.2, -0.15) is 0 Å². The summed E-state index contributed by atoms with van der Waals surface area (Å²) in [5.41, 5.74) is 9.51. The fourth-order valence-corrected chi connectivity index (χ4v) is 3.64. The highest BCUT2D eigenvalue weighted by molar-refractivity contribution is 5.93. The number of rotatable bonds is 4. The summed E-state index contributed by atoms with van der Waals surface area (Å²) < 4.78 is 0. The lowest BCUT2D eigenvalue weighted by atomic mass is 9.89. The van der Waals surface area contributed by atoms with Gasteiger partial charge in [0.25, 0.3) is 5.91 Å². The fourth-order valence-electron chi connectivity index (χ4n) is 3.64. The molecule has 7 nitrogen and oxygen atoms in total. The van der Waals surface area contributed by atoms with Gasteiger partial charge in [-0.3, -0.25) is 4.79 Å². The minimum atomic E-state index is -0.221. The van der Waals surface area contributed by atoms with Crippen molar-refractivity contribution in [1.29, 1.82) is 0 Å². The second-order valence-corrected chi connectivity index (χ2v) is 7.31. The molecule has 0 aliphatic heterocycles. The Morgan fingerprint density at radius 3 is 2.93 bits per heavy atom. The van der Waals surface area contributed by atoms with Crippen molar-refractivity contribution >= 4 is 22.8 Å². The van der Waals surface area contributed by atoms with E-state index in [4.69, 9.17) is 5.73 Å². The molecule has 1 aromatic carbocycles. The number of nitrogens with two attached hydrogens (primary N) is 1. The summed E-state index contributed by atoms with van der Waals surface area (Å²) in [6.07, 6.45) is 7.57. The van der Waals surface area contributed by atoms with Crippen LogP contribution in [0.4, 0.5) is 5.82 Å². The molecular weight excluding hydrogens is 340 g/mol. The van der Waals surface area contributed by atoms with Gasteiger partial charge in [-0.25, -0.2) is 15.0 Å². The summed E-state index contributed by atoms with van der Waals surface area (Å²) >= 11 is 0. The Labute approximate surface area is 163 Å². The molecule has 0 bridgehead atoms. The number of hydrogen-bond acceptors (Lipinski definition) is 5. The number of aromatic nitrogens is 4. The average Bonchev–Trinajstić information content (AvgIpc) is 3.10. The number of carbonyl (C=O) groups excluding carboxylic acids is 1. The number of nitrogen functional groups attached to an aromatic ring is 1. The Hall–Kier alpha value is -2.96. The summed E-state index contributed by atoms with van der Waals surface area (Å²) in [6.45, 7) is 2.70. The first-order valence-electron chi connectivity index (χ1n) is 9.47. The minimum absolute atomic E-state index is 0. The predicted octanol–water partition coefficient (Wildman–Crippen LogP) is 4.20. The topological polar surface area (TPSA) is 110 Å². The maximum atomic E-state index is 12.5. The lowest BCUT2D eigenvalue weighted by Crippen LogP contribution is -2.31. The third kappa shape index (κ3) is 3.77. The van der Waals surface area contributed by atoms with E-state index in [1.54, 1.807) is 0 Å². The van der Waals surface area contributed by atoms with Crippen LogP contribution < -0.4 is 11.1 Å². The van der Waals surface area contributed by atoms with E-state index < -0.39 is 0 Å². The highest BCUT2D eigenvalue weighted by Crippen LogP contribution is 2.24. The SMILES string of the molecule is Cc1ccc2nc(-c3nc(C(=O)NCC4CCCCC4)cnc3N)[nH]c2c1.[HH].[HH].[HH].[HH]. The summed E-state index contributed by atoms with van der Waals surface area (Å²) in [6, 6.07) is 5.95. The molecule has 7 heteroatoms. The van der Waals surface area contributed by atoms with E-state index in [0.29, 0.717) is 24.0 Å². The van der Waals surface area contributed by atoms with Crippen LogP contribution in [-0.4, -0.2) is 32.4 Å². The number of fused-ring (bicyclic) bond motifs is 1. The number of aromatic amines is 1. The Kier molecular flexibility index (Phi) is 4.75. The van der Waals surface area contributed by atoms with E-state index in [1.165, 1.54) is 38.3 Å². The van der Waals surface area contributed by atoms with Crippen LogP contribution in [0.15, 0.2) is 24.4 Å². The Morgan fingerprint density at radius 1 is 1.30 bits per heavy atom. The number of anilines is 1. The van der Waals surface area contributed by atoms with Crippen LogP contribution >= 0.6 is 0 Å². The lowest BCUT2D eigenvalue weighted by molar-refractivity contribution is 0.0938. The lowest BCUT2D eigenvalue weighted by Gasteiger charge is -2.21. The first-order valence-corrected chi connectivity index (χ1v) is 9.47. The van der Waals surface area contributed by atoms with Crippen molar-refractivity contribution in [1.82, 2.24) is 25.3 Å². The highest BCUT2D eigenvalue weighted by atomic mass is 16.1. The van der Waals surface area contributed by atoms with Gasteiger partial charge in [0.2, 0.25) is 0 Å². The summed E-state index contributed by atoms with van der Waals surface area (Å²) in [5.74, 6) is 1.10. The molecule has 0 spiro atoms. The zero-order chi connectivity index (χ0) is 18.8. The molecule has 2 aromatic heterocycles. The third-order valence-electron chi connectivity index (χ3n) is 5.17. The van der Waals surface area contributed by atoms with E-state index in [1.807, 2.05) is 25.1 Å². The minimum Gasteiger partial charge on any atom is -0.382 e. The molecule has 0 radical (unpaired) electrons. The first-order chi connectivity index (χ1) is 13.1. The van der Waals surface area contributed by atoms with Gasteiger partial charge in [-0.1, -0.05) is 25.3 Å². The van der Waals surface area contributed by atoms with Gasteiger partial charge in [0.1, 0.15) is 11.4 Å². The molecule has 1 saturated carbocycles. The summed E-state index contributed by atoms with van der Waals surface area (Å²) in [4.78, 5) is 28.9. The molecule has 0 unspecified atom stereocenters. The monoisotopic (exact) mass is 372 g/mol. The van der Waals surface area contributed by atoms with Gasteiger partial charge in [0, 0.05) is 12.3 Å². The molecule has 1 amide bonds. The standard InChI is InChI=1S/C20H24N6O.4H2/c1-12-7-8-14-15(9-12)26-19(25-14)17-18(21)22-11-16(24-17)20(27)23-10-13-5-3-2-4-6-13;;;;/h7-9,11,13H,2-6,10H2,1H3,(H2,21,22)(H,23,27)(H,25,26);4*1H. The number of hydrogen-bond donors (Lipinski definition) is 3. The van der Waals surface area contributed by atoms with Gasteiger partial charge in [-0.15, -0.1) is 0 Å². The van der Waals surface area contributed by atoms with Gasteiger partial charge < -0.3 is 16.0 Å². The number of imidazole rings is 1. The van der Waals surface area contributed by atoms with Crippen molar-refractivity contribution in [3.63, 3.8) is 0 Å². The molecule has 2 heterocycles. The van der Waals surface area contributed by atoms with E-state index >= 15 is 0 Å². The van der Waals surface area contributed by atoms with Crippen LogP contribution in [0.3, 0.4) is 0 Å². The number of carbonyl (C=O) groups is 1. The number of benzene rings is 1. The Morgan fingerprint density at radius 2 is 2.11 bits per heavy atom. The van der Waals surface area contributed by atoms with Crippen LogP contribution in [0.25, 0.3) is 22.6 Å². The van der Waals surface area contributed by atoms with E-state index in [-0.39, 0.29) is 23.1 Å². The normalized spacial score (nSPS) is 15.1. The van der Waals surface area contributed by atoms with E-state index in [0.717, 1.165) is 16.6 Å². The molecule has 27 heavy (non-hydrogen) atoms. The predicted molar refractivity (Wildman–Crippen MR) is 114 cm³/mol. The first kappa shape index (κ1) is 17.5. The van der Waals surface area contributed by atoms with Gasteiger partial charge in [0.15, 0.2) is 11.6 Å². The van der Waals surface area contributed by atoms with Crippen molar-refractivity contribution in [2.75, 3.05) is 12.3 Å². The number of H-pyrrole nitrogens is 1. The Balaban J connectivity index is 0.00000225. The molecule has 0 atom stereocenters. The molecule has 4 rings (SSSR count). The summed E-state index contributed by atoms with van der Waals surface area (Å²) in [7, 11) is 0. The van der Waals surface area contributed by atoms with Crippen LogP contribution in [-0.2, 0) is 0 Å². The fraction of sp³-hybridized carbons (Fsp3) is 0.400. The summed E-state index contributed by atoms with van der Waals surface area (Å²) in [5, 5.41) is 2.99. The molecular formula is C20H32N6O. The van der Waals surface area contributed by atoms with Crippen molar-refractivity contribution < 1.29 is 10.5 Å². The molecule has 1 aliphatic carbocycles. The second kappa shape index (κ2) is 7.34. The van der Waals surface area contributed by atoms with Crippen LogP contribution in [0.5, 0.6) is 0 Å². The third-order valence-corrected chi connectivity index (χ3v) is 5.17. The molecule has 0 saturated heterocycles. The number of aryl methyl sites for hydroxylation is 1. The second-order valence-electron chi connectivity index (χ2n) is 7.31. The molecule has 148 valence electrons. The number of amides is 1. The van der Waals surface area contributed by atoms with Crippen molar-refractivity contribution in [3.8, 4) is 11.5 Å².